The molecule has 1 N–H and O–H groups in total. The molecule has 1 amide bonds. The number of hydrogen-bond acceptors (Lipinski definition) is 6. The molecule has 1 saturated carbocycles. The average Bonchev–Trinajstić information content (AvgIpc) is 3.19. The van der Waals surface area contributed by atoms with Gasteiger partial charge < -0.3 is 14.8 Å². The predicted molar refractivity (Wildman–Crippen MR) is 105 cm³/mol. The first-order chi connectivity index (χ1) is 14.0. The molecule has 1 fully saturated rings. The molecule has 0 unspecified atom stereocenters. The van der Waals surface area contributed by atoms with Crippen molar-refractivity contribution >= 4 is 11.9 Å². The molecule has 8 nitrogen and oxygen atoms in total. The zero-order valence-corrected chi connectivity index (χ0v) is 16.6. The molecule has 0 spiro atoms. The van der Waals surface area contributed by atoms with Gasteiger partial charge in [0.2, 0.25) is 5.69 Å². The summed E-state index contributed by atoms with van der Waals surface area (Å²) in [5.74, 6) is -1.02. The van der Waals surface area contributed by atoms with E-state index in [1.54, 1.807) is 6.20 Å². The van der Waals surface area contributed by atoms with Crippen LogP contribution in [-0.2, 0) is 9.53 Å². The summed E-state index contributed by atoms with van der Waals surface area (Å²) < 4.78 is 12.0. The van der Waals surface area contributed by atoms with Crippen molar-refractivity contribution in [1.29, 1.82) is 5.26 Å². The van der Waals surface area contributed by atoms with Crippen molar-refractivity contribution in [1.82, 2.24) is 15.1 Å². The topological polar surface area (TPSA) is 106 Å². The number of nitriles is 1. The van der Waals surface area contributed by atoms with Crippen molar-refractivity contribution in [3.8, 4) is 17.5 Å². The SMILES string of the molecule is COc1cn(-c2ccccc2)nc1C(=O)O[C@H](C)C(=O)NC1(C#N)CCCCC1. The zero-order valence-electron chi connectivity index (χ0n) is 16.6. The molecule has 1 atom stereocenters. The molecule has 0 aliphatic heterocycles. The van der Waals surface area contributed by atoms with Gasteiger partial charge in [0.15, 0.2) is 11.9 Å². The quantitative estimate of drug-likeness (QED) is 0.753. The van der Waals surface area contributed by atoms with E-state index in [2.05, 4.69) is 16.5 Å². The van der Waals surface area contributed by atoms with Crippen LogP contribution < -0.4 is 10.1 Å². The minimum atomic E-state index is -1.07. The number of esters is 1. The second-order valence-electron chi connectivity index (χ2n) is 7.12. The maximum atomic E-state index is 12.6. The van der Waals surface area contributed by atoms with E-state index in [9.17, 15) is 14.9 Å². The van der Waals surface area contributed by atoms with E-state index in [1.165, 1.54) is 18.7 Å². The van der Waals surface area contributed by atoms with Gasteiger partial charge in [-0.3, -0.25) is 4.79 Å². The number of nitrogens with zero attached hydrogens (tertiary/aromatic N) is 3. The average molecular weight is 396 g/mol. The Hall–Kier alpha value is -3.34. The van der Waals surface area contributed by atoms with Crippen LogP contribution in [0.4, 0.5) is 0 Å². The lowest BCUT2D eigenvalue weighted by Crippen LogP contribution is -2.52. The van der Waals surface area contributed by atoms with Crippen LogP contribution in [-0.4, -0.2) is 40.4 Å². The van der Waals surface area contributed by atoms with Gasteiger partial charge >= 0.3 is 5.97 Å². The van der Waals surface area contributed by atoms with E-state index in [0.29, 0.717) is 12.8 Å². The van der Waals surface area contributed by atoms with E-state index in [4.69, 9.17) is 9.47 Å². The van der Waals surface area contributed by atoms with Crippen molar-refractivity contribution in [3.05, 3.63) is 42.2 Å². The molecule has 29 heavy (non-hydrogen) atoms. The van der Waals surface area contributed by atoms with Crippen LogP contribution in [0, 0.1) is 11.3 Å². The Bertz CT molecular complexity index is 911. The highest BCUT2D eigenvalue weighted by atomic mass is 16.6. The summed E-state index contributed by atoms with van der Waals surface area (Å²) in [4.78, 5) is 25.1. The summed E-state index contributed by atoms with van der Waals surface area (Å²) >= 11 is 0. The molecule has 1 heterocycles. The summed E-state index contributed by atoms with van der Waals surface area (Å²) in [7, 11) is 1.43. The summed E-state index contributed by atoms with van der Waals surface area (Å²) in [6.07, 6.45) is 4.53. The van der Waals surface area contributed by atoms with Crippen LogP contribution in [0.2, 0.25) is 0 Å². The van der Waals surface area contributed by atoms with Crippen molar-refractivity contribution < 1.29 is 19.1 Å². The van der Waals surface area contributed by atoms with E-state index < -0.39 is 23.5 Å². The van der Waals surface area contributed by atoms with Gasteiger partial charge in [-0.1, -0.05) is 37.5 Å². The second kappa shape index (κ2) is 8.78. The fourth-order valence-corrected chi connectivity index (χ4v) is 3.39. The number of para-hydroxylation sites is 1. The van der Waals surface area contributed by atoms with Crippen molar-refractivity contribution in [2.24, 2.45) is 0 Å². The van der Waals surface area contributed by atoms with Gasteiger partial charge in [0.05, 0.1) is 25.1 Å². The van der Waals surface area contributed by atoms with Gasteiger partial charge in [-0.05, 0) is 31.9 Å². The molecule has 1 aromatic heterocycles. The van der Waals surface area contributed by atoms with Crippen molar-refractivity contribution in [2.45, 2.75) is 50.7 Å². The summed E-state index contributed by atoms with van der Waals surface area (Å²) in [6.45, 7) is 1.47. The molecule has 152 valence electrons. The highest BCUT2D eigenvalue weighted by Crippen LogP contribution is 2.28. The van der Waals surface area contributed by atoms with Crippen LogP contribution in [0.3, 0.4) is 0 Å². The third kappa shape index (κ3) is 4.57. The monoisotopic (exact) mass is 396 g/mol. The second-order valence-corrected chi connectivity index (χ2v) is 7.12. The number of carbonyl (C=O) groups excluding carboxylic acids is 2. The molecule has 0 saturated heterocycles. The van der Waals surface area contributed by atoms with Crippen LogP contribution in [0.25, 0.3) is 5.69 Å². The number of methoxy groups -OCH3 is 1. The Morgan fingerprint density at radius 3 is 2.55 bits per heavy atom. The van der Waals surface area contributed by atoms with Crippen LogP contribution in [0.1, 0.15) is 49.5 Å². The predicted octanol–water partition coefficient (Wildman–Crippen LogP) is 2.77. The number of aromatic nitrogens is 2. The summed E-state index contributed by atoms with van der Waals surface area (Å²) in [5.41, 5.74) is -0.157. The number of carbonyl (C=O) groups is 2. The van der Waals surface area contributed by atoms with Gasteiger partial charge in [-0.2, -0.15) is 10.4 Å². The van der Waals surface area contributed by atoms with Crippen LogP contribution >= 0.6 is 0 Å². The molecule has 3 rings (SSSR count). The van der Waals surface area contributed by atoms with Gasteiger partial charge in [0.25, 0.3) is 5.91 Å². The smallest absolute Gasteiger partial charge is 0.363 e. The first-order valence-corrected chi connectivity index (χ1v) is 9.61. The number of ether oxygens (including phenoxy) is 2. The highest BCUT2D eigenvalue weighted by molar-refractivity contribution is 5.93. The molecular weight excluding hydrogens is 372 g/mol. The van der Waals surface area contributed by atoms with E-state index >= 15 is 0 Å². The normalized spacial score (nSPS) is 16.3. The Labute approximate surface area is 169 Å². The van der Waals surface area contributed by atoms with Crippen LogP contribution in [0.5, 0.6) is 5.75 Å². The maximum absolute atomic E-state index is 12.6. The van der Waals surface area contributed by atoms with Gasteiger partial charge in [-0.15, -0.1) is 0 Å². The zero-order chi connectivity index (χ0) is 20.9. The van der Waals surface area contributed by atoms with Gasteiger partial charge in [0.1, 0.15) is 5.54 Å². The first kappa shape index (κ1) is 20.4. The minimum absolute atomic E-state index is 0.0244. The maximum Gasteiger partial charge on any atom is 0.363 e. The lowest BCUT2D eigenvalue weighted by atomic mass is 9.83. The Kier molecular flexibility index (Phi) is 6.17. The first-order valence-electron chi connectivity index (χ1n) is 9.61. The van der Waals surface area contributed by atoms with Crippen molar-refractivity contribution in [2.75, 3.05) is 7.11 Å². The van der Waals surface area contributed by atoms with E-state index in [0.717, 1.165) is 24.9 Å². The van der Waals surface area contributed by atoms with Gasteiger partial charge in [0, 0.05) is 0 Å². The van der Waals surface area contributed by atoms with E-state index in [1.807, 2.05) is 30.3 Å². The third-order valence-corrected chi connectivity index (χ3v) is 5.05. The molecule has 1 aliphatic rings. The van der Waals surface area contributed by atoms with E-state index in [-0.39, 0.29) is 11.4 Å². The molecule has 0 radical (unpaired) electrons. The number of hydrogen-bond donors (Lipinski definition) is 1. The molecule has 0 bridgehead atoms. The molecule has 2 aromatic rings. The minimum Gasteiger partial charge on any atom is -0.493 e. The van der Waals surface area contributed by atoms with Crippen LogP contribution in [0.15, 0.2) is 36.5 Å². The Morgan fingerprint density at radius 1 is 1.24 bits per heavy atom. The molecule has 1 aliphatic carbocycles. The third-order valence-electron chi connectivity index (χ3n) is 5.05. The number of rotatable bonds is 6. The molecule has 8 heteroatoms. The summed E-state index contributed by atoms with van der Waals surface area (Å²) in [5, 5.41) is 16.5. The lowest BCUT2D eigenvalue weighted by Gasteiger charge is -2.32. The lowest BCUT2D eigenvalue weighted by molar-refractivity contribution is -0.130. The molecule has 1 aromatic carbocycles. The number of nitrogens with one attached hydrogen (secondary N) is 1. The number of benzene rings is 1. The highest BCUT2D eigenvalue weighted by Gasteiger charge is 2.36. The largest absolute Gasteiger partial charge is 0.493 e. The molecular formula is C21H24N4O4. The standard InChI is InChI=1S/C21H24N4O4/c1-15(19(26)23-21(14-22)11-7-4-8-12-21)29-20(27)18-17(28-2)13-25(24-18)16-9-5-3-6-10-16/h3,5-6,9-10,13,15H,4,7-8,11-12H2,1-2H3,(H,23,26)/t15-/m1/s1. The Morgan fingerprint density at radius 2 is 1.93 bits per heavy atom. The van der Waals surface area contributed by atoms with Gasteiger partial charge in [-0.25, -0.2) is 9.48 Å². The summed E-state index contributed by atoms with van der Waals surface area (Å²) in [6, 6.07) is 11.5. The van der Waals surface area contributed by atoms with Crippen molar-refractivity contribution in [3.63, 3.8) is 0 Å². The fourth-order valence-electron chi connectivity index (χ4n) is 3.39. The fraction of sp³-hybridized carbons (Fsp3) is 0.429. The number of amides is 1. The Balaban J connectivity index is 1.70.